The second-order valence-corrected chi connectivity index (χ2v) is 10.6. The van der Waals surface area contributed by atoms with E-state index in [0.29, 0.717) is 15.1 Å². The molecule has 0 spiro atoms. The van der Waals surface area contributed by atoms with E-state index in [0.717, 1.165) is 0 Å². The molecular formula is C18H12Cl3F2Si-. The molecule has 3 rings (SSSR count). The van der Waals surface area contributed by atoms with Crippen LogP contribution in [0.25, 0.3) is 0 Å². The van der Waals surface area contributed by atoms with E-state index in [1.165, 1.54) is 72.8 Å². The molecule has 0 aromatic heterocycles. The number of halogens is 5. The molecule has 0 saturated carbocycles. The van der Waals surface area contributed by atoms with E-state index in [1.54, 1.807) is 0 Å². The predicted molar refractivity (Wildman–Crippen MR) is 101 cm³/mol. The summed E-state index contributed by atoms with van der Waals surface area (Å²) in [6.45, 7) is 0. The third-order valence-electron chi connectivity index (χ3n) is 4.05. The van der Waals surface area contributed by atoms with Gasteiger partial charge in [0.15, 0.2) is 0 Å². The van der Waals surface area contributed by atoms with Gasteiger partial charge in [-0.15, -0.1) is 0 Å². The molecule has 0 atom stereocenters. The van der Waals surface area contributed by atoms with Gasteiger partial charge in [-0.3, -0.25) is 0 Å². The molecule has 3 aromatic carbocycles. The molecule has 124 valence electrons. The molecule has 0 aliphatic carbocycles. The molecule has 6 heteroatoms. The molecule has 3 aromatic rings. The molecule has 0 saturated heterocycles. The van der Waals surface area contributed by atoms with Gasteiger partial charge in [-0.05, 0) is 0 Å². The molecule has 0 nitrogen and oxygen atoms in total. The van der Waals surface area contributed by atoms with Crippen LogP contribution in [-0.2, 0) is 0 Å². The van der Waals surface area contributed by atoms with Gasteiger partial charge in [0.1, 0.15) is 0 Å². The predicted octanol–water partition coefficient (Wildman–Crippen LogP) is 5.00. The molecule has 0 N–H and O–H groups in total. The summed E-state index contributed by atoms with van der Waals surface area (Å²) in [5.41, 5.74) is 0. The molecule has 0 fully saturated rings. The van der Waals surface area contributed by atoms with E-state index >= 15 is 8.22 Å². The zero-order valence-corrected chi connectivity index (χ0v) is 15.6. The third-order valence-corrected chi connectivity index (χ3v) is 8.85. The van der Waals surface area contributed by atoms with Gasteiger partial charge in [-0.25, -0.2) is 0 Å². The zero-order chi connectivity index (χ0) is 17.4. The van der Waals surface area contributed by atoms with Crippen LogP contribution in [0.4, 0.5) is 8.22 Å². The van der Waals surface area contributed by atoms with Crippen molar-refractivity contribution in [2.75, 3.05) is 0 Å². The number of benzene rings is 3. The van der Waals surface area contributed by atoms with Crippen molar-refractivity contribution in [2.45, 2.75) is 0 Å². The average molecular weight is 401 g/mol. The Bertz CT molecular complexity index is 743. The van der Waals surface area contributed by atoms with Gasteiger partial charge in [0.25, 0.3) is 0 Å². The van der Waals surface area contributed by atoms with Crippen molar-refractivity contribution in [1.29, 1.82) is 0 Å². The van der Waals surface area contributed by atoms with Crippen molar-refractivity contribution >= 4 is 58.4 Å². The van der Waals surface area contributed by atoms with Gasteiger partial charge >= 0.3 is 154 Å². The second kappa shape index (κ2) is 6.16. The van der Waals surface area contributed by atoms with Crippen LogP contribution in [0.15, 0.2) is 72.8 Å². The minimum absolute atomic E-state index is 0.0379. The maximum absolute atomic E-state index is 16.4. The second-order valence-electron chi connectivity index (χ2n) is 5.53. The van der Waals surface area contributed by atoms with E-state index < -0.39 is 8.02 Å². The van der Waals surface area contributed by atoms with E-state index in [-0.39, 0.29) is 15.6 Å². The van der Waals surface area contributed by atoms with Crippen LogP contribution in [0.1, 0.15) is 0 Å². The Kier molecular flexibility index (Phi) is 4.47. The normalized spacial score (nSPS) is 13.3. The first-order chi connectivity index (χ1) is 11.3. The van der Waals surface area contributed by atoms with Crippen molar-refractivity contribution in [2.24, 2.45) is 0 Å². The molecule has 0 aliphatic rings. The molecule has 0 bridgehead atoms. The van der Waals surface area contributed by atoms with Crippen molar-refractivity contribution < 1.29 is 8.22 Å². The van der Waals surface area contributed by atoms with Crippen LogP contribution in [0.3, 0.4) is 0 Å². The van der Waals surface area contributed by atoms with Gasteiger partial charge in [-0.1, -0.05) is 0 Å². The Labute approximate surface area is 154 Å². The summed E-state index contributed by atoms with van der Waals surface area (Å²) in [6.07, 6.45) is 0. The van der Waals surface area contributed by atoms with Crippen molar-refractivity contribution in [3.8, 4) is 0 Å². The van der Waals surface area contributed by atoms with Gasteiger partial charge < -0.3 is 0 Å². The summed E-state index contributed by atoms with van der Waals surface area (Å²) < 4.78 is 32.9. The number of rotatable bonds is 3. The molecule has 0 aliphatic heterocycles. The number of hydrogen-bond donors (Lipinski definition) is 0. The summed E-state index contributed by atoms with van der Waals surface area (Å²) in [4.78, 5) is 0. The summed E-state index contributed by atoms with van der Waals surface area (Å²) in [5.74, 6) is 0. The van der Waals surface area contributed by atoms with Crippen molar-refractivity contribution in [3.05, 3.63) is 87.9 Å². The topological polar surface area (TPSA) is 0 Å². The van der Waals surface area contributed by atoms with E-state index in [2.05, 4.69) is 0 Å². The monoisotopic (exact) mass is 399 g/mol. The van der Waals surface area contributed by atoms with Crippen LogP contribution < -0.4 is 15.6 Å². The maximum atomic E-state index is 16.4. The fourth-order valence-electron chi connectivity index (χ4n) is 2.73. The Hall–Kier alpha value is -1.39. The molecule has 24 heavy (non-hydrogen) atoms. The van der Waals surface area contributed by atoms with E-state index in [9.17, 15) is 0 Å². The SMILES string of the molecule is F[Si-](F)(c1ccc(Cl)cc1)(c1ccc(Cl)cc1)c1ccc(Cl)cc1. The van der Waals surface area contributed by atoms with Crippen LogP contribution >= 0.6 is 34.8 Å². The Morgan fingerprint density at radius 2 is 0.667 bits per heavy atom. The molecule has 0 amide bonds. The fourth-order valence-corrected chi connectivity index (χ4v) is 6.36. The summed E-state index contributed by atoms with van der Waals surface area (Å²) in [5, 5.41) is 1.12. The quantitative estimate of drug-likeness (QED) is 0.329. The Balaban J connectivity index is 2.33. The molecule has 0 unspecified atom stereocenters. The Morgan fingerprint density at radius 3 is 0.875 bits per heavy atom. The van der Waals surface area contributed by atoms with Gasteiger partial charge in [0, 0.05) is 0 Å². The first-order valence-electron chi connectivity index (χ1n) is 7.16. The van der Waals surface area contributed by atoms with E-state index in [1.807, 2.05) is 0 Å². The molecule has 0 radical (unpaired) electrons. The van der Waals surface area contributed by atoms with Gasteiger partial charge in [-0.2, -0.15) is 0 Å². The Morgan fingerprint density at radius 1 is 0.458 bits per heavy atom. The standard InChI is InChI=1S/C18H12Cl3F2Si/c19-13-1-7-16(8-2-13)24(22,23,17-9-3-14(20)4-10-17)18-11-5-15(21)6-12-18/h1-12H/q-1. The average Bonchev–Trinajstić information content (AvgIpc) is 2.56. The van der Waals surface area contributed by atoms with Gasteiger partial charge in [0.2, 0.25) is 0 Å². The first kappa shape index (κ1) is 17.4. The fraction of sp³-hybridized carbons (Fsp3) is 0. The zero-order valence-electron chi connectivity index (χ0n) is 12.3. The molecular weight excluding hydrogens is 389 g/mol. The first-order valence-corrected chi connectivity index (χ1v) is 10.5. The summed E-state index contributed by atoms with van der Waals surface area (Å²) >= 11 is 17.6. The third kappa shape index (κ3) is 2.86. The van der Waals surface area contributed by atoms with E-state index in [4.69, 9.17) is 34.8 Å². The summed E-state index contributed by atoms with van der Waals surface area (Å²) in [6, 6.07) is 17.2. The van der Waals surface area contributed by atoms with Crippen molar-refractivity contribution in [1.82, 2.24) is 0 Å². The van der Waals surface area contributed by atoms with Crippen molar-refractivity contribution in [3.63, 3.8) is 0 Å². The summed E-state index contributed by atoms with van der Waals surface area (Å²) in [7, 11) is -5.93. The van der Waals surface area contributed by atoms with Crippen LogP contribution in [-0.4, -0.2) is 8.02 Å². The van der Waals surface area contributed by atoms with Gasteiger partial charge in [0.05, 0.1) is 0 Å². The van der Waals surface area contributed by atoms with Crippen LogP contribution in [0.2, 0.25) is 15.1 Å². The molecule has 0 heterocycles. The minimum atomic E-state index is -5.93. The van der Waals surface area contributed by atoms with Crippen LogP contribution in [0.5, 0.6) is 0 Å². The van der Waals surface area contributed by atoms with Crippen LogP contribution in [0, 0.1) is 0 Å². The number of hydrogen-bond acceptors (Lipinski definition) is 0.